The molecule has 1 aliphatic heterocycles. The number of carbonyl (C=O) groups excluding carboxylic acids is 2. The van der Waals surface area contributed by atoms with Crippen LogP contribution in [0.3, 0.4) is 0 Å². The van der Waals surface area contributed by atoms with Crippen molar-refractivity contribution in [1.82, 2.24) is 5.06 Å². The van der Waals surface area contributed by atoms with Crippen molar-refractivity contribution >= 4 is 11.8 Å². The molecule has 0 aromatic carbocycles. The van der Waals surface area contributed by atoms with E-state index in [9.17, 15) is 9.59 Å². The van der Waals surface area contributed by atoms with Gasteiger partial charge in [-0.1, -0.05) is 65.2 Å². The summed E-state index contributed by atoms with van der Waals surface area (Å²) in [6, 6.07) is 0. The normalized spacial score (nSPS) is 15.9. The molecule has 1 fully saturated rings. The molecule has 1 rings (SSSR count). The van der Waals surface area contributed by atoms with Crippen LogP contribution in [0.5, 0.6) is 0 Å². The third-order valence-corrected chi connectivity index (χ3v) is 4.44. The lowest BCUT2D eigenvalue weighted by molar-refractivity contribution is -0.230. The Morgan fingerprint density at radius 1 is 0.864 bits per heavy atom. The highest BCUT2D eigenvalue weighted by atomic mass is 16.7. The number of amides is 2. The van der Waals surface area contributed by atoms with E-state index in [2.05, 4.69) is 20.8 Å². The Kier molecular flexibility index (Phi) is 8.69. The second-order valence-electron chi connectivity index (χ2n) is 6.74. The fourth-order valence-electron chi connectivity index (χ4n) is 2.95. The Morgan fingerprint density at radius 2 is 1.32 bits per heavy atom. The van der Waals surface area contributed by atoms with E-state index in [0.29, 0.717) is 12.8 Å². The molecule has 1 saturated heterocycles. The fourth-order valence-corrected chi connectivity index (χ4v) is 2.95. The fraction of sp³-hybridized carbons (Fsp3) is 0.889. The van der Waals surface area contributed by atoms with Crippen molar-refractivity contribution in [2.45, 2.75) is 103 Å². The van der Waals surface area contributed by atoms with Crippen LogP contribution in [0.1, 0.15) is 97.8 Å². The minimum atomic E-state index is -0.392. The number of hydrogen-bond donors (Lipinski definition) is 0. The Hall–Kier alpha value is -0.900. The monoisotopic (exact) mass is 311 g/mol. The van der Waals surface area contributed by atoms with Gasteiger partial charge >= 0.3 is 0 Å². The van der Waals surface area contributed by atoms with Gasteiger partial charge in [-0.3, -0.25) is 14.4 Å². The van der Waals surface area contributed by atoms with Crippen molar-refractivity contribution in [2.75, 3.05) is 0 Å². The van der Waals surface area contributed by atoms with Crippen LogP contribution in [0.4, 0.5) is 0 Å². The molecular weight excluding hydrogens is 278 g/mol. The number of carbonyl (C=O) groups is 2. The molecule has 2 amide bonds. The minimum absolute atomic E-state index is 0.182. The molecular formula is C18H33NO3. The zero-order valence-electron chi connectivity index (χ0n) is 14.7. The first-order valence-corrected chi connectivity index (χ1v) is 9.07. The predicted octanol–water partition coefficient (Wildman–Crippen LogP) is 4.77. The van der Waals surface area contributed by atoms with Crippen molar-refractivity contribution < 1.29 is 14.4 Å². The lowest BCUT2D eigenvalue weighted by Crippen LogP contribution is -2.41. The van der Waals surface area contributed by atoms with Gasteiger partial charge < -0.3 is 0 Å². The van der Waals surface area contributed by atoms with Crippen molar-refractivity contribution in [3.8, 4) is 0 Å². The van der Waals surface area contributed by atoms with Crippen LogP contribution in [-0.4, -0.2) is 22.5 Å². The topological polar surface area (TPSA) is 46.6 Å². The maximum Gasteiger partial charge on any atom is 0.254 e. The first-order chi connectivity index (χ1) is 10.5. The number of hydrogen-bond acceptors (Lipinski definition) is 3. The maximum absolute atomic E-state index is 11.8. The highest BCUT2D eigenvalue weighted by Gasteiger charge is 2.37. The summed E-state index contributed by atoms with van der Waals surface area (Å²) in [5.41, 5.74) is -0.392. The standard InChI is InChI=1S/C18H33NO3/c1-4-6-8-10-14-18(3,15-11-9-7-5-2)22-19-16(20)12-13-17(19)21/h4-15H2,1-3H3. The van der Waals surface area contributed by atoms with Gasteiger partial charge in [0, 0.05) is 12.8 Å². The molecule has 1 heterocycles. The Labute approximate surface area is 135 Å². The molecule has 0 atom stereocenters. The summed E-state index contributed by atoms with van der Waals surface area (Å²) in [6.07, 6.45) is 11.8. The zero-order valence-corrected chi connectivity index (χ0v) is 14.7. The van der Waals surface area contributed by atoms with Gasteiger partial charge in [-0.25, -0.2) is 0 Å². The SMILES string of the molecule is CCCCCCC(C)(CCCCCC)ON1C(=O)CCC1=O. The van der Waals surface area contributed by atoms with E-state index in [1.54, 1.807) is 0 Å². The third kappa shape index (κ3) is 6.47. The van der Waals surface area contributed by atoms with Crippen molar-refractivity contribution in [3.05, 3.63) is 0 Å². The van der Waals surface area contributed by atoms with Crippen LogP contribution < -0.4 is 0 Å². The van der Waals surface area contributed by atoms with E-state index < -0.39 is 5.60 Å². The van der Waals surface area contributed by atoms with Crippen LogP contribution in [0.2, 0.25) is 0 Å². The molecule has 0 radical (unpaired) electrons. The maximum atomic E-state index is 11.8. The molecule has 0 saturated carbocycles. The Morgan fingerprint density at radius 3 is 1.73 bits per heavy atom. The van der Waals surface area contributed by atoms with Gasteiger partial charge in [-0.2, -0.15) is 5.06 Å². The lowest BCUT2D eigenvalue weighted by Gasteiger charge is -2.32. The van der Waals surface area contributed by atoms with Crippen molar-refractivity contribution in [1.29, 1.82) is 0 Å². The van der Waals surface area contributed by atoms with Crippen molar-refractivity contribution in [2.24, 2.45) is 0 Å². The number of rotatable bonds is 12. The molecule has 128 valence electrons. The van der Waals surface area contributed by atoms with Gasteiger partial charge in [0.05, 0.1) is 5.60 Å². The smallest absolute Gasteiger partial charge is 0.254 e. The van der Waals surface area contributed by atoms with E-state index in [4.69, 9.17) is 4.84 Å². The summed E-state index contributed by atoms with van der Waals surface area (Å²) in [6.45, 7) is 6.45. The van der Waals surface area contributed by atoms with Gasteiger partial charge in [-0.05, 0) is 19.8 Å². The largest absolute Gasteiger partial charge is 0.272 e. The van der Waals surface area contributed by atoms with E-state index in [0.717, 1.165) is 30.7 Å². The van der Waals surface area contributed by atoms with Gasteiger partial charge in [0.1, 0.15) is 0 Å². The van der Waals surface area contributed by atoms with Gasteiger partial charge in [0.25, 0.3) is 11.8 Å². The first kappa shape index (κ1) is 19.1. The zero-order chi connectivity index (χ0) is 16.4. The van der Waals surface area contributed by atoms with Gasteiger partial charge in [-0.15, -0.1) is 0 Å². The van der Waals surface area contributed by atoms with Crippen LogP contribution in [0, 0.1) is 0 Å². The summed E-state index contributed by atoms with van der Waals surface area (Å²) in [7, 11) is 0. The van der Waals surface area contributed by atoms with E-state index in [1.807, 2.05) is 0 Å². The molecule has 0 aromatic rings. The Bertz CT molecular complexity index is 326. The highest BCUT2D eigenvalue weighted by molar-refractivity contribution is 6.00. The number of nitrogens with zero attached hydrogens (tertiary/aromatic N) is 1. The molecule has 1 aliphatic rings. The van der Waals surface area contributed by atoms with Crippen LogP contribution in [0.25, 0.3) is 0 Å². The van der Waals surface area contributed by atoms with Gasteiger partial charge in [0.15, 0.2) is 0 Å². The molecule has 22 heavy (non-hydrogen) atoms. The number of hydroxylamine groups is 2. The second-order valence-corrected chi connectivity index (χ2v) is 6.74. The summed E-state index contributed by atoms with van der Waals surface area (Å²) in [5.74, 6) is -0.364. The first-order valence-electron chi connectivity index (χ1n) is 9.07. The van der Waals surface area contributed by atoms with E-state index in [-0.39, 0.29) is 11.8 Å². The van der Waals surface area contributed by atoms with E-state index >= 15 is 0 Å². The summed E-state index contributed by atoms with van der Waals surface area (Å²) in [4.78, 5) is 29.5. The average molecular weight is 311 g/mol. The second kappa shape index (κ2) is 9.98. The number of imide groups is 1. The quantitative estimate of drug-likeness (QED) is 0.385. The summed E-state index contributed by atoms with van der Waals surface area (Å²) >= 11 is 0. The molecule has 0 aromatic heterocycles. The molecule has 4 heteroatoms. The van der Waals surface area contributed by atoms with Crippen LogP contribution in [0.15, 0.2) is 0 Å². The van der Waals surface area contributed by atoms with E-state index in [1.165, 1.54) is 38.5 Å². The average Bonchev–Trinajstić information content (AvgIpc) is 2.80. The molecule has 0 spiro atoms. The molecule has 0 aliphatic carbocycles. The lowest BCUT2D eigenvalue weighted by atomic mass is 9.91. The molecule has 0 bridgehead atoms. The summed E-state index contributed by atoms with van der Waals surface area (Å²) < 4.78 is 0. The summed E-state index contributed by atoms with van der Waals surface area (Å²) in [5, 5.41) is 1.04. The molecule has 0 N–H and O–H groups in total. The van der Waals surface area contributed by atoms with Crippen LogP contribution in [-0.2, 0) is 14.4 Å². The third-order valence-electron chi connectivity index (χ3n) is 4.44. The number of unbranched alkanes of at least 4 members (excludes halogenated alkanes) is 6. The highest BCUT2D eigenvalue weighted by Crippen LogP contribution is 2.29. The van der Waals surface area contributed by atoms with Crippen LogP contribution >= 0.6 is 0 Å². The van der Waals surface area contributed by atoms with Gasteiger partial charge in [0.2, 0.25) is 0 Å². The van der Waals surface area contributed by atoms with Crippen molar-refractivity contribution in [3.63, 3.8) is 0 Å². The molecule has 0 unspecified atom stereocenters. The minimum Gasteiger partial charge on any atom is -0.272 e. The Balaban J connectivity index is 2.55. The molecule has 4 nitrogen and oxygen atoms in total. The predicted molar refractivity (Wildman–Crippen MR) is 88.1 cm³/mol.